The maximum atomic E-state index is 11.0. The zero-order valence-electron chi connectivity index (χ0n) is 10.3. The SMILES string of the molecule is N#Cc1c(Cl)ccc([N+](=O)[O-])c1NCc1ccccc1. The van der Waals surface area contributed by atoms with Gasteiger partial charge in [0.1, 0.15) is 17.3 Å². The first kappa shape index (κ1) is 13.8. The van der Waals surface area contributed by atoms with E-state index >= 15 is 0 Å². The molecule has 1 N–H and O–H groups in total. The molecule has 0 spiro atoms. The average Bonchev–Trinajstić information content (AvgIpc) is 2.45. The summed E-state index contributed by atoms with van der Waals surface area (Å²) in [6, 6.07) is 13.9. The lowest BCUT2D eigenvalue weighted by Gasteiger charge is -2.09. The maximum Gasteiger partial charge on any atom is 0.293 e. The smallest absolute Gasteiger partial charge is 0.293 e. The molecule has 0 unspecified atom stereocenters. The molecule has 0 aliphatic carbocycles. The van der Waals surface area contributed by atoms with Crippen LogP contribution in [0.2, 0.25) is 5.02 Å². The molecule has 2 aromatic carbocycles. The van der Waals surface area contributed by atoms with Gasteiger partial charge in [-0.2, -0.15) is 5.26 Å². The van der Waals surface area contributed by atoms with Crippen molar-refractivity contribution in [2.75, 3.05) is 5.32 Å². The summed E-state index contributed by atoms with van der Waals surface area (Å²) in [6.45, 7) is 0.372. The Kier molecular flexibility index (Phi) is 4.18. The van der Waals surface area contributed by atoms with E-state index in [2.05, 4.69) is 5.32 Å². The van der Waals surface area contributed by atoms with E-state index in [1.54, 1.807) is 0 Å². The van der Waals surface area contributed by atoms with Crippen molar-refractivity contribution in [3.63, 3.8) is 0 Å². The van der Waals surface area contributed by atoms with Crippen LogP contribution in [0.3, 0.4) is 0 Å². The highest BCUT2D eigenvalue weighted by molar-refractivity contribution is 6.32. The molecule has 2 aromatic rings. The van der Waals surface area contributed by atoms with Crippen LogP contribution in [0.25, 0.3) is 0 Å². The van der Waals surface area contributed by atoms with Crippen molar-refractivity contribution in [2.24, 2.45) is 0 Å². The van der Waals surface area contributed by atoms with Crippen molar-refractivity contribution < 1.29 is 4.92 Å². The minimum absolute atomic E-state index is 0.0804. The second-order valence-corrected chi connectivity index (χ2v) is 4.43. The highest BCUT2D eigenvalue weighted by Gasteiger charge is 2.20. The molecular weight excluding hydrogens is 278 g/mol. The van der Waals surface area contributed by atoms with Gasteiger partial charge < -0.3 is 5.32 Å². The second-order valence-electron chi connectivity index (χ2n) is 4.02. The van der Waals surface area contributed by atoms with Crippen molar-refractivity contribution in [1.82, 2.24) is 0 Å². The van der Waals surface area contributed by atoms with Crippen molar-refractivity contribution in [3.8, 4) is 6.07 Å². The molecule has 0 amide bonds. The number of nitro groups is 1. The van der Waals surface area contributed by atoms with Crippen molar-refractivity contribution in [1.29, 1.82) is 5.26 Å². The molecule has 0 saturated carbocycles. The number of nitrogens with one attached hydrogen (secondary N) is 1. The van der Waals surface area contributed by atoms with Crippen LogP contribution >= 0.6 is 11.6 Å². The lowest BCUT2D eigenvalue weighted by molar-refractivity contribution is -0.384. The Morgan fingerprint density at radius 1 is 1.25 bits per heavy atom. The van der Waals surface area contributed by atoms with E-state index in [0.29, 0.717) is 6.54 Å². The highest BCUT2D eigenvalue weighted by atomic mass is 35.5. The Labute approximate surface area is 120 Å². The van der Waals surface area contributed by atoms with Gasteiger partial charge in [-0.3, -0.25) is 10.1 Å². The topological polar surface area (TPSA) is 79.0 Å². The number of nitrogens with zero attached hydrogens (tertiary/aromatic N) is 2. The lowest BCUT2D eigenvalue weighted by Crippen LogP contribution is -2.05. The Bertz CT molecular complexity index is 681. The van der Waals surface area contributed by atoms with E-state index in [-0.39, 0.29) is 22.0 Å². The highest BCUT2D eigenvalue weighted by Crippen LogP contribution is 2.33. The third-order valence-corrected chi connectivity index (χ3v) is 3.07. The molecule has 0 aromatic heterocycles. The van der Waals surface area contributed by atoms with Gasteiger partial charge in [0, 0.05) is 12.6 Å². The zero-order valence-corrected chi connectivity index (χ0v) is 11.1. The van der Waals surface area contributed by atoms with E-state index in [1.165, 1.54) is 12.1 Å². The van der Waals surface area contributed by atoms with Crippen molar-refractivity contribution in [2.45, 2.75) is 6.54 Å². The summed E-state index contributed by atoms with van der Waals surface area (Å²) in [5.74, 6) is 0. The Balaban J connectivity index is 2.37. The summed E-state index contributed by atoms with van der Waals surface area (Å²) in [7, 11) is 0. The fraction of sp³-hybridized carbons (Fsp3) is 0.0714. The van der Waals surface area contributed by atoms with Gasteiger partial charge in [0.25, 0.3) is 5.69 Å². The Hall–Kier alpha value is -2.58. The van der Waals surface area contributed by atoms with Crippen LogP contribution in [0, 0.1) is 21.4 Å². The molecule has 0 atom stereocenters. The monoisotopic (exact) mass is 287 g/mol. The van der Waals surface area contributed by atoms with E-state index in [9.17, 15) is 10.1 Å². The van der Waals surface area contributed by atoms with Gasteiger partial charge in [0.05, 0.1) is 9.95 Å². The number of nitro benzene ring substituents is 1. The van der Waals surface area contributed by atoms with Crippen LogP contribution in [0.15, 0.2) is 42.5 Å². The Morgan fingerprint density at radius 3 is 2.55 bits per heavy atom. The summed E-state index contributed by atoms with van der Waals surface area (Å²) < 4.78 is 0. The molecule has 20 heavy (non-hydrogen) atoms. The fourth-order valence-corrected chi connectivity index (χ4v) is 1.99. The van der Waals surface area contributed by atoms with Gasteiger partial charge >= 0.3 is 0 Å². The number of rotatable bonds is 4. The van der Waals surface area contributed by atoms with Crippen LogP contribution in [-0.4, -0.2) is 4.92 Å². The molecule has 100 valence electrons. The molecular formula is C14H10ClN3O2. The maximum absolute atomic E-state index is 11.0. The van der Waals surface area contributed by atoms with Crippen molar-refractivity contribution in [3.05, 3.63) is 68.7 Å². The van der Waals surface area contributed by atoms with Gasteiger partial charge in [-0.1, -0.05) is 41.9 Å². The summed E-state index contributed by atoms with van der Waals surface area (Å²) in [5.41, 5.74) is 1.01. The third-order valence-electron chi connectivity index (χ3n) is 2.75. The normalized spacial score (nSPS) is 9.80. The number of halogens is 1. The first-order valence-electron chi connectivity index (χ1n) is 5.78. The number of hydrogen-bond acceptors (Lipinski definition) is 4. The van der Waals surface area contributed by atoms with E-state index in [1.807, 2.05) is 36.4 Å². The van der Waals surface area contributed by atoms with Gasteiger partial charge in [-0.05, 0) is 11.6 Å². The van der Waals surface area contributed by atoms with Crippen LogP contribution in [-0.2, 0) is 6.54 Å². The van der Waals surface area contributed by atoms with Crippen LogP contribution in [0.5, 0.6) is 0 Å². The van der Waals surface area contributed by atoms with Crippen molar-refractivity contribution >= 4 is 23.0 Å². The van der Waals surface area contributed by atoms with Gasteiger partial charge in [-0.25, -0.2) is 0 Å². The zero-order chi connectivity index (χ0) is 14.5. The Morgan fingerprint density at radius 2 is 1.95 bits per heavy atom. The standard InChI is InChI=1S/C14H10ClN3O2/c15-12-6-7-13(18(19)20)14(11(12)8-16)17-9-10-4-2-1-3-5-10/h1-7,17H,9H2. The number of hydrogen-bond donors (Lipinski definition) is 1. The van der Waals surface area contributed by atoms with E-state index in [0.717, 1.165) is 5.56 Å². The molecule has 0 aliphatic heterocycles. The molecule has 6 heteroatoms. The van der Waals surface area contributed by atoms with E-state index < -0.39 is 4.92 Å². The average molecular weight is 288 g/mol. The molecule has 0 fully saturated rings. The van der Waals surface area contributed by atoms with Gasteiger partial charge in [0.2, 0.25) is 0 Å². The second kappa shape index (κ2) is 6.04. The molecule has 0 saturated heterocycles. The fourth-order valence-electron chi connectivity index (χ4n) is 1.79. The summed E-state index contributed by atoms with van der Waals surface area (Å²) >= 11 is 5.90. The molecule has 0 radical (unpaired) electrons. The molecule has 0 aliphatic rings. The van der Waals surface area contributed by atoms with Crippen LogP contribution in [0.4, 0.5) is 11.4 Å². The predicted octanol–water partition coefficient (Wildman–Crippen LogP) is 3.73. The first-order valence-corrected chi connectivity index (χ1v) is 6.16. The number of benzene rings is 2. The van der Waals surface area contributed by atoms with Gasteiger partial charge in [0.15, 0.2) is 0 Å². The summed E-state index contributed by atoms with van der Waals surface area (Å²) in [6.07, 6.45) is 0. The largest absolute Gasteiger partial charge is 0.374 e. The van der Waals surface area contributed by atoms with Crippen LogP contribution < -0.4 is 5.32 Å². The predicted molar refractivity (Wildman–Crippen MR) is 76.6 cm³/mol. The third kappa shape index (κ3) is 2.87. The van der Waals surface area contributed by atoms with Crippen LogP contribution in [0.1, 0.15) is 11.1 Å². The molecule has 0 heterocycles. The first-order chi connectivity index (χ1) is 9.63. The number of nitriles is 1. The minimum atomic E-state index is -0.537. The minimum Gasteiger partial charge on any atom is -0.374 e. The molecule has 5 nitrogen and oxygen atoms in total. The number of anilines is 1. The molecule has 0 bridgehead atoms. The summed E-state index contributed by atoms with van der Waals surface area (Å²) in [4.78, 5) is 10.5. The van der Waals surface area contributed by atoms with E-state index in [4.69, 9.17) is 16.9 Å². The summed E-state index contributed by atoms with van der Waals surface area (Å²) in [5, 5.41) is 23.2. The van der Waals surface area contributed by atoms with Gasteiger partial charge in [-0.15, -0.1) is 0 Å². The quantitative estimate of drug-likeness (QED) is 0.686. The lowest BCUT2D eigenvalue weighted by atomic mass is 10.1. The molecule has 2 rings (SSSR count).